The number of aryl methyl sites for hydroxylation is 1. The van der Waals surface area contributed by atoms with Crippen molar-refractivity contribution >= 4 is 22.7 Å². The van der Waals surface area contributed by atoms with E-state index >= 15 is 0 Å². The monoisotopic (exact) mass is 235 g/mol. The SMILES string of the molecule is Cc1cc(NCc2csc(=O)[nH]2)ccc1N. The van der Waals surface area contributed by atoms with E-state index in [4.69, 9.17) is 5.73 Å². The zero-order chi connectivity index (χ0) is 11.5. The highest BCUT2D eigenvalue weighted by Gasteiger charge is 1.98. The van der Waals surface area contributed by atoms with Crippen LogP contribution in [0, 0.1) is 6.92 Å². The van der Waals surface area contributed by atoms with Gasteiger partial charge in [-0.3, -0.25) is 4.79 Å². The Kier molecular flexibility index (Phi) is 2.96. The molecule has 84 valence electrons. The maximum absolute atomic E-state index is 10.9. The first-order valence-electron chi connectivity index (χ1n) is 4.92. The van der Waals surface area contributed by atoms with Crippen molar-refractivity contribution in [3.8, 4) is 0 Å². The lowest BCUT2D eigenvalue weighted by Crippen LogP contribution is -2.03. The van der Waals surface area contributed by atoms with E-state index in [9.17, 15) is 4.79 Å². The summed E-state index contributed by atoms with van der Waals surface area (Å²) < 4.78 is 0. The Morgan fingerprint density at radius 1 is 1.50 bits per heavy atom. The number of H-pyrrole nitrogens is 1. The fraction of sp³-hybridized carbons (Fsp3) is 0.182. The molecule has 0 amide bonds. The Hall–Kier alpha value is -1.75. The van der Waals surface area contributed by atoms with Gasteiger partial charge in [0, 0.05) is 22.4 Å². The van der Waals surface area contributed by atoms with Gasteiger partial charge in [0.1, 0.15) is 0 Å². The molecule has 0 aliphatic carbocycles. The van der Waals surface area contributed by atoms with Crippen LogP contribution in [0.2, 0.25) is 0 Å². The molecule has 4 nitrogen and oxygen atoms in total. The van der Waals surface area contributed by atoms with E-state index < -0.39 is 0 Å². The molecule has 0 fully saturated rings. The highest BCUT2D eigenvalue weighted by Crippen LogP contribution is 2.16. The summed E-state index contributed by atoms with van der Waals surface area (Å²) in [7, 11) is 0. The summed E-state index contributed by atoms with van der Waals surface area (Å²) in [4.78, 5) is 13.6. The van der Waals surface area contributed by atoms with Gasteiger partial charge in [0.15, 0.2) is 0 Å². The van der Waals surface area contributed by atoms with E-state index in [1.807, 2.05) is 30.5 Å². The molecular weight excluding hydrogens is 222 g/mol. The summed E-state index contributed by atoms with van der Waals surface area (Å²) in [5.41, 5.74) is 9.45. The van der Waals surface area contributed by atoms with Crippen molar-refractivity contribution in [1.29, 1.82) is 0 Å². The fourth-order valence-electron chi connectivity index (χ4n) is 1.38. The summed E-state index contributed by atoms with van der Waals surface area (Å²) in [5, 5.41) is 5.04. The lowest BCUT2D eigenvalue weighted by molar-refractivity contribution is 1.06. The summed E-state index contributed by atoms with van der Waals surface area (Å²) in [5.74, 6) is 0. The zero-order valence-corrected chi connectivity index (χ0v) is 9.73. The molecule has 0 saturated carbocycles. The Balaban J connectivity index is 2.04. The zero-order valence-electron chi connectivity index (χ0n) is 8.91. The molecule has 1 aromatic carbocycles. The second-order valence-electron chi connectivity index (χ2n) is 3.60. The van der Waals surface area contributed by atoms with Crippen LogP contribution in [0.25, 0.3) is 0 Å². The molecule has 2 aromatic rings. The van der Waals surface area contributed by atoms with Crippen LogP contribution in [-0.2, 0) is 6.54 Å². The molecule has 4 N–H and O–H groups in total. The van der Waals surface area contributed by atoms with E-state index in [1.54, 1.807) is 0 Å². The number of anilines is 2. The van der Waals surface area contributed by atoms with Crippen molar-refractivity contribution in [2.24, 2.45) is 0 Å². The Bertz CT molecular complexity index is 544. The minimum absolute atomic E-state index is 0.0229. The predicted octanol–water partition coefficient (Wildman–Crippen LogP) is 1.94. The van der Waals surface area contributed by atoms with Gasteiger partial charge in [-0.25, -0.2) is 0 Å². The number of nitrogens with one attached hydrogen (secondary N) is 2. The maximum atomic E-state index is 10.9. The molecule has 0 unspecified atom stereocenters. The van der Waals surface area contributed by atoms with Crippen LogP contribution in [0.3, 0.4) is 0 Å². The second kappa shape index (κ2) is 4.40. The van der Waals surface area contributed by atoms with Gasteiger partial charge in [0.25, 0.3) is 0 Å². The average molecular weight is 235 g/mol. The number of aromatic nitrogens is 1. The summed E-state index contributed by atoms with van der Waals surface area (Å²) in [6, 6.07) is 5.78. The van der Waals surface area contributed by atoms with E-state index in [0.29, 0.717) is 6.54 Å². The quantitative estimate of drug-likeness (QED) is 0.712. The summed E-state index contributed by atoms with van der Waals surface area (Å²) >= 11 is 1.17. The van der Waals surface area contributed by atoms with E-state index in [0.717, 1.165) is 22.6 Å². The molecule has 0 aliphatic rings. The summed E-state index contributed by atoms with van der Waals surface area (Å²) in [6.45, 7) is 2.58. The van der Waals surface area contributed by atoms with Gasteiger partial charge in [-0.05, 0) is 30.7 Å². The Labute approximate surface area is 97.1 Å². The highest BCUT2D eigenvalue weighted by atomic mass is 32.1. The Morgan fingerprint density at radius 2 is 2.31 bits per heavy atom. The average Bonchev–Trinajstić information content (AvgIpc) is 2.66. The van der Waals surface area contributed by atoms with Gasteiger partial charge in [-0.1, -0.05) is 11.3 Å². The van der Waals surface area contributed by atoms with Crippen LogP contribution in [-0.4, -0.2) is 4.98 Å². The van der Waals surface area contributed by atoms with Gasteiger partial charge in [-0.15, -0.1) is 0 Å². The van der Waals surface area contributed by atoms with Crippen LogP contribution in [0.5, 0.6) is 0 Å². The number of nitrogens with two attached hydrogens (primary N) is 1. The highest BCUT2D eigenvalue weighted by molar-refractivity contribution is 7.07. The molecule has 2 rings (SSSR count). The third-order valence-electron chi connectivity index (χ3n) is 2.32. The van der Waals surface area contributed by atoms with Crippen molar-refractivity contribution in [2.45, 2.75) is 13.5 Å². The smallest absolute Gasteiger partial charge is 0.304 e. The first kappa shape index (κ1) is 10.8. The number of hydrogen-bond donors (Lipinski definition) is 3. The van der Waals surface area contributed by atoms with Crippen LogP contribution in [0.4, 0.5) is 11.4 Å². The number of benzene rings is 1. The fourth-order valence-corrected chi connectivity index (χ4v) is 1.97. The van der Waals surface area contributed by atoms with E-state index in [1.165, 1.54) is 11.3 Å². The molecule has 0 spiro atoms. The van der Waals surface area contributed by atoms with Crippen molar-refractivity contribution in [1.82, 2.24) is 4.98 Å². The normalized spacial score (nSPS) is 10.3. The molecule has 1 aromatic heterocycles. The predicted molar refractivity (Wildman–Crippen MR) is 67.9 cm³/mol. The first-order valence-corrected chi connectivity index (χ1v) is 5.80. The number of aromatic amines is 1. The molecule has 0 radical (unpaired) electrons. The third-order valence-corrected chi connectivity index (χ3v) is 3.04. The maximum Gasteiger partial charge on any atom is 0.304 e. The Morgan fingerprint density at radius 3 is 2.94 bits per heavy atom. The molecule has 0 aliphatic heterocycles. The van der Waals surface area contributed by atoms with Crippen LogP contribution >= 0.6 is 11.3 Å². The topological polar surface area (TPSA) is 70.9 Å². The molecule has 1 heterocycles. The van der Waals surface area contributed by atoms with E-state index in [2.05, 4.69) is 10.3 Å². The van der Waals surface area contributed by atoms with Gasteiger partial charge < -0.3 is 16.0 Å². The van der Waals surface area contributed by atoms with Gasteiger partial charge >= 0.3 is 4.87 Å². The molecule has 0 atom stereocenters. The standard InChI is InChI=1S/C11H13N3OS/c1-7-4-8(2-3-10(7)12)13-5-9-6-16-11(15)14-9/h2-4,6,13H,5,12H2,1H3,(H,14,15). The van der Waals surface area contributed by atoms with Crippen molar-refractivity contribution < 1.29 is 0 Å². The first-order chi connectivity index (χ1) is 7.65. The van der Waals surface area contributed by atoms with Crippen LogP contribution < -0.4 is 15.9 Å². The lowest BCUT2D eigenvalue weighted by atomic mass is 10.2. The second-order valence-corrected chi connectivity index (χ2v) is 4.44. The molecule has 5 heteroatoms. The largest absolute Gasteiger partial charge is 0.399 e. The minimum Gasteiger partial charge on any atom is -0.399 e. The summed E-state index contributed by atoms with van der Waals surface area (Å²) in [6.07, 6.45) is 0. The molecule has 0 bridgehead atoms. The lowest BCUT2D eigenvalue weighted by Gasteiger charge is -2.07. The van der Waals surface area contributed by atoms with Gasteiger partial charge in [0.05, 0.1) is 6.54 Å². The van der Waals surface area contributed by atoms with Crippen molar-refractivity contribution in [3.63, 3.8) is 0 Å². The van der Waals surface area contributed by atoms with Gasteiger partial charge in [-0.2, -0.15) is 0 Å². The van der Waals surface area contributed by atoms with Crippen LogP contribution in [0.15, 0.2) is 28.4 Å². The van der Waals surface area contributed by atoms with Crippen molar-refractivity contribution in [3.05, 3.63) is 44.5 Å². The minimum atomic E-state index is -0.0229. The number of nitrogen functional groups attached to an aromatic ring is 1. The number of hydrogen-bond acceptors (Lipinski definition) is 4. The molecule has 0 saturated heterocycles. The molecule has 16 heavy (non-hydrogen) atoms. The van der Waals surface area contributed by atoms with Crippen molar-refractivity contribution in [2.75, 3.05) is 11.1 Å². The van der Waals surface area contributed by atoms with E-state index in [-0.39, 0.29) is 4.87 Å². The third kappa shape index (κ3) is 2.43. The molecular formula is C11H13N3OS. The number of thiazole rings is 1. The number of rotatable bonds is 3. The van der Waals surface area contributed by atoms with Gasteiger partial charge in [0.2, 0.25) is 0 Å². The van der Waals surface area contributed by atoms with Crippen LogP contribution in [0.1, 0.15) is 11.3 Å².